The van der Waals surface area contributed by atoms with Crippen LogP contribution < -0.4 is 10.5 Å². The molecule has 21 heavy (non-hydrogen) atoms. The van der Waals surface area contributed by atoms with E-state index in [-0.39, 0.29) is 11.4 Å². The maximum Gasteiger partial charge on any atom is 0.304 e. The van der Waals surface area contributed by atoms with E-state index in [1.807, 2.05) is 0 Å². The van der Waals surface area contributed by atoms with Gasteiger partial charge in [0.1, 0.15) is 0 Å². The Morgan fingerprint density at radius 2 is 1.86 bits per heavy atom. The monoisotopic (exact) mass is 311 g/mol. The highest BCUT2D eigenvalue weighted by Crippen LogP contribution is 2.24. The van der Waals surface area contributed by atoms with Crippen LogP contribution in [0.15, 0.2) is 47.4 Å². The second-order valence-corrected chi connectivity index (χ2v) is 5.75. The van der Waals surface area contributed by atoms with Crippen LogP contribution in [0.1, 0.15) is 0 Å². The molecule has 2 aromatic carbocycles. The Hall–Kier alpha value is -2.68. The predicted octanol–water partition coefficient (Wildman–Crippen LogP) is 2.12. The lowest BCUT2D eigenvalue weighted by Crippen LogP contribution is -2.14. The zero-order valence-electron chi connectivity index (χ0n) is 10.5. The summed E-state index contributed by atoms with van der Waals surface area (Å²) < 4.78 is 39.8. The Morgan fingerprint density at radius 3 is 2.43 bits per heavy atom. The van der Waals surface area contributed by atoms with Crippen LogP contribution in [0, 0.1) is 15.9 Å². The van der Waals surface area contributed by atoms with Crippen molar-refractivity contribution < 1.29 is 17.7 Å². The highest BCUT2D eigenvalue weighted by Gasteiger charge is 2.21. The number of sulfonamides is 1. The number of hydrogen-bond donors (Lipinski definition) is 2. The number of nitrogen functional groups attached to an aromatic ring is 1. The van der Waals surface area contributed by atoms with E-state index in [1.165, 1.54) is 12.1 Å². The van der Waals surface area contributed by atoms with Crippen molar-refractivity contribution in [3.63, 3.8) is 0 Å². The number of halogens is 1. The first-order valence-electron chi connectivity index (χ1n) is 5.62. The molecule has 0 aliphatic carbocycles. The molecule has 0 atom stereocenters. The Morgan fingerprint density at radius 1 is 1.19 bits per heavy atom. The lowest BCUT2D eigenvalue weighted by atomic mass is 10.3. The molecule has 0 bridgehead atoms. The molecular weight excluding hydrogens is 301 g/mol. The maximum absolute atomic E-state index is 13.5. The molecule has 0 aromatic heterocycles. The Balaban J connectivity index is 2.39. The number of benzene rings is 2. The molecule has 0 amide bonds. The number of nitrogens with zero attached hydrogens (tertiary/aromatic N) is 1. The van der Waals surface area contributed by atoms with Crippen LogP contribution in [0.5, 0.6) is 0 Å². The molecule has 3 N–H and O–H groups in total. The number of rotatable bonds is 4. The van der Waals surface area contributed by atoms with E-state index < -0.39 is 31.3 Å². The summed E-state index contributed by atoms with van der Waals surface area (Å²) in [6.07, 6.45) is 0. The zero-order chi connectivity index (χ0) is 15.6. The first-order chi connectivity index (χ1) is 9.81. The van der Waals surface area contributed by atoms with Crippen LogP contribution in [0.4, 0.5) is 21.5 Å². The van der Waals surface area contributed by atoms with Gasteiger partial charge in [0.05, 0.1) is 21.2 Å². The maximum atomic E-state index is 13.5. The molecule has 0 aliphatic heterocycles. The molecule has 9 heteroatoms. The quantitative estimate of drug-likeness (QED) is 0.510. The third-order valence-electron chi connectivity index (χ3n) is 2.63. The highest BCUT2D eigenvalue weighted by molar-refractivity contribution is 7.92. The number of hydrogen-bond acceptors (Lipinski definition) is 5. The first-order valence-corrected chi connectivity index (χ1v) is 7.11. The van der Waals surface area contributed by atoms with Crippen LogP contribution >= 0.6 is 0 Å². The summed E-state index contributed by atoms with van der Waals surface area (Å²) in [5.74, 6) is -1.23. The van der Waals surface area contributed by atoms with Crippen molar-refractivity contribution in [3.8, 4) is 0 Å². The standard InChI is InChI=1S/C12H10FN3O4S/c13-9-7-8(5-6-12(9)16(17)18)21(19,20)15-11-4-2-1-3-10(11)14/h1-7,15H,14H2. The number of nitrogens with two attached hydrogens (primary N) is 1. The normalized spacial score (nSPS) is 11.1. The minimum Gasteiger partial charge on any atom is -0.397 e. The molecule has 0 aliphatic rings. The third-order valence-corrected chi connectivity index (χ3v) is 3.99. The summed E-state index contributed by atoms with van der Waals surface area (Å²) in [5, 5.41) is 10.5. The molecule has 0 saturated heterocycles. The third kappa shape index (κ3) is 3.08. The average Bonchev–Trinajstić information content (AvgIpc) is 2.40. The van der Waals surface area contributed by atoms with Crippen molar-refractivity contribution in [1.29, 1.82) is 0 Å². The van der Waals surface area contributed by atoms with Gasteiger partial charge in [0.2, 0.25) is 5.82 Å². The Kier molecular flexibility index (Phi) is 3.76. The molecule has 0 spiro atoms. The molecule has 0 saturated carbocycles. The van der Waals surface area contributed by atoms with Gasteiger partial charge in [-0.25, -0.2) is 8.42 Å². The smallest absolute Gasteiger partial charge is 0.304 e. The summed E-state index contributed by atoms with van der Waals surface area (Å²) in [6.45, 7) is 0. The fraction of sp³-hybridized carbons (Fsp3) is 0. The second kappa shape index (κ2) is 5.37. The lowest BCUT2D eigenvalue weighted by molar-refractivity contribution is -0.387. The lowest BCUT2D eigenvalue weighted by Gasteiger charge is -2.10. The summed E-state index contributed by atoms with van der Waals surface area (Å²) in [7, 11) is -4.09. The van der Waals surface area contributed by atoms with Crippen molar-refractivity contribution in [2.45, 2.75) is 4.90 Å². The molecule has 0 radical (unpaired) electrons. The van der Waals surface area contributed by atoms with Crippen LogP contribution in [0.3, 0.4) is 0 Å². The van der Waals surface area contributed by atoms with E-state index in [0.717, 1.165) is 12.1 Å². The molecule has 7 nitrogen and oxygen atoms in total. The Bertz CT molecular complexity index is 808. The van der Waals surface area contributed by atoms with Gasteiger partial charge in [-0.05, 0) is 18.2 Å². The van der Waals surface area contributed by atoms with Crippen LogP contribution in [-0.2, 0) is 10.0 Å². The summed E-state index contributed by atoms with van der Waals surface area (Å²) >= 11 is 0. The highest BCUT2D eigenvalue weighted by atomic mass is 32.2. The topological polar surface area (TPSA) is 115 Å². The van der Waals surface area contributed by atoms with E-state index in [4.69, 9.17) is 5.73 Å². The van der Waals surface area contributed by atoms with Crippen molar-refractivity contribution in [2.75, 3.05) is 10.5 Å². The summed E-state index contributed by atoms with van der Waals surface area (Å²) in [6, 6.07) is 8.45. The zero-order valence-corrected chi connectivity index (χ0v) is 11.3. The molecule has 0 unspecified atom stereocenters. The van der Waals surface area contributed by atoms with Gasteiger partial charge in [0.15, 0.2) is 0 Å². The number of para-hydroxylation sites is 2. The van der Waals surface area contributed by atoms with Crippen molar-refractivity contribution in [2.24, 2.45) is 0 Å². The fourth-order valence-electron chi connectivity index (χ4n) is 1.60. The van der Waals surface area contributed by atoms with E-state index >= 15 is 0 Å². The van der Waals surface area contributed by atoms with E-state index in [9.17, 15) is 22.9 Å². The van der Waals surface area contributed by atoms with E-state index in [1.54, 1.807) is 12.1 Å². The van der Waals surface area contributed by atoms with Gasteiger partial charge in [-0.1, -0.05) is 12.1 Å². The fourth-order valence-corrected chi connectivity index (χ4v) is 2.70. The molecule has 0 heterocycles. The van der Waals surface area contributed by atoms with Crippen LogP contribution in [-0.4, -0.2) is 13.3 Å². The summed E-state index contributed by atoms with van der Waals surface area (Å²) in [4.78, 5) is 9.13. The number of nitrogens with one attached hydrogen (secondary N) is 1. The van der Waals surface area contributed by atoms with Crippen LogP contribution in [0.2, 0.25) is 0 Å². The minimum absolute atomic E-state index is 0.135. The van der Waals surface area contributed by atoms with Gasteiger partial charge in [-0.2, -0.15) is 4.39 Å². The van der Waals surface area contributed by atoms with E-state index in [2.05, 4.69) is 4.72 Å². The van der Waals surface area contributed by atoms with Crippen LogP contribution in [0.25, 0.3) is 0 Å². The first kappa shape index (κ1) is 14.7. The molecular formula is C12H10FN3O4S. The second-order valence-electron chi connectivity index (χ2n) is 4.06. The number of nitro groups is 1. The SMILES string of the molecule is Nc1ccccc1NS(=O)(=O)c1ccc([N+](=O)[O-])c(F)c1. The molecule has 0 fully saturated rings. The van der Waals surface area contributed by atoms with Gasteiger partial charge < -0.3 is 5.73 Å². The average molecular weight is 311 g/mol. The van der Waals surface area contributed by atoms with Gasteiger partial charge in [-0.3, -0.25) is 14.8 Å². The molecule has 2 rings (SSSR count). The summed E-state index contributed by atoms with van der Waals surface area (Å²) in [5.41, 5.74) is 5.14. The molecule has 110 valence electrons. The van der Waals surface area contributed by atoms with Crippen molar-refractivity contribution >= 4 is 27.1 Å². The Labute approximate surface area is 119 Å². The van der Waals surface area contributed by atoms with E-state index in [0.29, 0.717) is 6.07 Å². The number of nitro benzene ring substituents is 1. The van der Waals surface area contributed by atoms with Gasteiger partial charge in [-0.15, -0.1) is 0 Å². The minimum atomic E-state index is -4.09. The van der Waals surface area contributed by atoms with Crippen molar-refractivity contribution in [3.05, 3.63) is 58.4 Å². The predicted molar refractivity (Wildman–Crippen MR) is 74.7 cm³/mol. The number of anilines is 2. The van der Waals surface area contributed by atoms with Gasteiger partial charge in [0.25, 0.3) is 10.0 Å². The largest absolute Gasteiger partial charge is 0.397 e. The molecule has 2 aromatic rings. The van der Waals surface area contributed by atoms with Crippen molar-refractivity contribution in [1.82, 2.24) is 0 Å². The van der Waals surface area contributed by atoms with Gasteiger partial charge in [0, 0.05) is 12.1 Å². The van der Waals surface area contributed by atoms with Gasteiger partial charge >= 0.3 is 5.69 Å².